The van der Waals surface area contributed by atoms with Gasteiger partial charge in [-0.15, -0.1) is 0 Å². The quantitative estimate of drug-likeness (QED) is 0.627. The molecule has 0 N–H and O–H groups in total. The highest BCUT2D eigenvalue weighted by molar-refractivity contribution is 5.84. The molecule has 2 aliphatic heterocycles. The van der Waals surface area contributed by atoms with Gasteiger partial charge in [0.2, 0.25) is 5.91 Å². The van der Waals surface area contributed by atoms with Crippen LogP contribution in [-0.2, 0) is 14.3 Å². The van der Waals surface area contributed by atoms with E-state index in [-0.39, 0.29) is 29.9 Å². The van der Waals surface area contributed by atoms with Crippen LogP contribution in [0.4, 0.5) is 5.69 Å². The van der Waals surface area contributed by atoms with Crippen molar-refractivity contribution >= 4 is 17.6 Å². The molecule has 0 radical (unpaired) electrons. The lowest BCUT2D eigenvalue weighted by atomic mass is 10.0. The second kappa shape index (κ2) is 9.77. The third-order valence-corrected chi connectivity index (χ3v) is 6.79. The van der Waals surface area contributed by atoms with E-state index in [9.17, 15) is 14.4 Å². The number of aryl methyl sites for hydroxylation is 1. The molecular weight excluding hydrogens is 420 g/mol. The summed E-state index contributed by atoms with van der Waals surface area (Å²) in [6.45, 7) is 5.77. The minimum absolute atomic E-state index is 0.0350. The first kappa shape index (κ1) is 23.0. The molecule has 0 bridgehead atoms. The van der Waals surface area contributed by atoms with Crippen molar-refractivity contribution in [2.24, 2.45) is 0 Å². The van der Waals surface area contributed by atoms with Gasteiger partial charge in [0, 0.05) is 37.6 Å². The Hall–Kier alpha value is -3.16. The number of piperidine rings is 1. The smallest absolute Gasteiger partial charge is 0.307 e. The first-order valence-electron chi connectivity index (χ1n) is 11.7. The first-order chi connectivity index (χ1) is 15.9. The molecule has 33 heavy (non-hydrogen) atoms. The molecule has 0 aliphatic carbocycles. The van der Waals surface area contributed by atoms with Crippen molar-refractivity contribution in [3.05, 3.63) is 58.3 Å². The molecule has 4 rings (SSSR count). The van der Waals surface area contributed by atoms with Crippen LogP contribution in [0.2, 0.25) is 0 Å². The third-order valence-electron chi connectivity index (χ3n) is 6.79. The molecule has 0 aromatic carbocycles. The Labute approximate surface area is 194 Å². The van der Waals surface area contributed by atoms with E-state index in [0.29, 0.717) is 6.42 Å². The van der Waals surface area contributed by atoms with E-state index in [1.807, 2.05) is 32.2 Å². The van der Waals surface area contributed by atoms with Gasteiger partial charge in [0.1, 0.15) is 6.04 Å². The maximum atomic E-state index is 13.6. The largest absolute Gasteiger partial charge is 0.469 e. The van der Waals surface area contributed by atoms with Gasteiger partial charge in [0.15, 0.2) is 0 Å². The Morgan fingerprint density at radius 3 is 2.64 bits per heavy atom. The van der Waals surface area contributed by atoms with Crippen LogP contribution in [0, 0.1) is 6.92 Å². The van der Waals surface area contributed by atoms with E-state index in [2.05, 4.69) is 9.88 Å². The van der Waals surface area contributed by atoms with Crippen molar-refractivity contribution in [2.75, 3.05) is 25.1 Å². The van der Waals surface area contributed by atoms with Gasteiger partial charge >= 0.3 is 5.97 Å². The summed E-state index contributed by atoms with van der Waals surface area (Å²) in [6.07, 6.45) is 9.31. The Bertz CT molecular complexity index is 1080. The fraction of sp³-hybridized carbons (Fsp3) is 0.520. The van der Waals surface area contributed by atoms with Gasteiger partial charge in [-0.2, -0.15) is 0 Å². The van der Waals surface area contributed by atoms with Crippen molar-refractivity contribution in [3.8, 4) is 0 Å². The van der Waals surface area contributed by atoms with Crippen LogP contribution in [0.25, 0.3) is 0 Å². The summed E-state index contributed by atoms with van der Waals surface area (Å²) in [6, 6.07) is 4.16. The number of ether oxygens (including phenoxy) is 1. The predicted octanol–water partition coefficient (Wildman–Crippen LogP) is 3.01. The second-order valence-corrected chi connectivity index (χ2v) is 9.12. The van der Waals surface area contributed by atoms with Gasteiger partial charge in [0.05, 0.1) is 31.5 Å². The molecule has 8 heteroatoms. The number of hydrogen-bond acceptors (Lipinski definition) is 6. The molecule has 4 heterocycles. The zero-order valence-corrected chi connectivity index (χ0v) is 19.6. The van der Waals surface area contributed by atoms with Crippen molar-refractivity contribution in [1.29, 1.82) is 0 Å². The molecular formula is C25H32N4O4. The SMILES string of the molecule is COC(=O)CC(c1cncc(N2CCCCC2)c1)N1C(=O)C(n2ccc(C)cc2=O)CC1C. The summed E-state index contributed by atoms with van der Waals surface area (Å²) in [7, 11) is 1.35. The monoisotopic (exact) mass is 452 g/mol. The Kier molecular flexibility index (Phi) is 6.81. The minimum atomic E-state index is -0.591. The standard InChI is InChI=1S/C25H32N4O4/c1-17-7-10-28(23(30)11-17)22-12-18(2)29(25(22)32)21(14-24(31)33-3)19-13-20(16-26-15-19)27-8-5-4-6-9-27/h7,10-11,13,15-16,18,21-22H,4-6,8-9,12,14H2,1-3H3. The van der Waals surface area contributed by atoms with Crippen LogP contribution < -0.4 is 10.5 Å². The molecule has 1 amide bonds. The summed E-state index contributed by atoms with van der Waals surface area (Å²) in [4.78, 5) is 47.0. The van der Waals surface area contributed by atoms with Gasteiger partial charge in [-0.25, -0.2) is 0 Å². The summed E-state index contributed by atoms with van der Waals surface area (Å²) in [5.74, 6) is -0.551. The fourth-order valence-electron chi connectivity index (χ4n) is 5.04. The number of amides is 1. The third kappa shape index (κ3) is 4.79. The number of rotatable bonds is 6. The number of carbonyl (C=O) groups is 2. The van der Waals surface area contributed by atoms with Crippen LogP contribution >= 0.6 is 0 Å². The van der Waals surface area contributed by atoms with E-state index in [4.69, 9.17) is 4.74 Å². The zero-order chi connectivity index (χ0) is 23.5. The minimum Gasteiger partial charge on any atom is -0.469 e. The molecule has 2 fully saturated rings. The van der Waals surface area contributed by atoms with E-state index in [0.717, 1.165) is 42.7 Å². The maximum Gasteiger partial charge on any atom is 0.307 e. The number of pyridine rings is 2. The average Bonchev–Trinajstić information content (AvgIpc) is 3.11. The highest BCUT2D eigenvalue weighted by Crippen LogP contribution is 2.38. The topological polar surface area (TPSA) is 84.7 Å². The average molecular weight is 453 g/mol. The Morgan fingerprint density at radius 1 is 1.18 bits per heavy atom. The normalized spacial score (nSPS) is 21.8. The second-order valence-electron chi connectivity index (χ2n) is 9.12. The summed E-state index contributed by atoms with van der Waals surface area (Å²) in [5.41, 5.74) is 2.48. The van der Waals surface area contributed by atoms with E-state index in [1.54, 1.807) is 23.4 Å². The van der Waals surface area contributed by atoms with Gasteiger partial charge in [-0.3, -0.25) is 19.4 Å². The van der Waals surface area contributed by atoms with Crippen LogP contribution in [-0.4, -0.2) is 52.6 Å². The molecule has 0 spiro atoms. The first-order valence-corrected chi connectivity index (χ1v) is 11.7. The maximum absolute atomic E-state index is 13.6. The van der Waals surface area contributed by atoms with Gasteiger partial charge in [0.25, 0.3) is 5.56 Å². The van der Waals surface area contributed by atoms with Crippen LogP contribution in [0.5, 0.6) is 0 Å². The number of anilines is 1. The molecule has 2 aliphatic rings. The number of carbonyl (C=O) groups excluding carboxylic acids is 2. The number of esters is 1. The van der Waals surface area contributed by atoms with Crippen molar-refractivity contribution in [2.45, 2.75) is 64.1 Å². The van der Waals surface area contributed by atoms with E-state index < -0.39 is 12.1 Å². The molecule has 3 atom stereocenters. The summed E-state index contributed by atoms with van der Waals surface area (Å²) in [5, 5.41) is 0. The Balaban J connectivity index is 1.67. The molecule has 2 aromatic rings. The van der Waals surface area contributed by atoms with Crippen molar-refractivity contribution in [3.63, 3.8) is 0 Å². The van der Waals surface area contributed by atoms with E-state index in [1.165, 1.54) is 18.1 Å². The zero-order valence-electron chi connectivity index (χ0n) is 19.6. The number of hydrogen-bond donors (Lipinski definition) is 0. The lowest BCUT2D eigenvalue weighted by Crippen LogP contribution is -2.39. The molecule has 0 saturated carbocycles. The molecule has 2 saturated heterocycles. The molecule has 2 aromatic heterocycles. The Morgan fingerprint density at radius 2 is 1.94 bits per heavy atom. The van der Waals surface area contributed by atoms with Crippen molar-refractivity contribution < 1.29 is 14.3 Å². The van der Waals surface area contributed by atoms with Gasteiger partial charge in [-0.1, -0.05) is 0 Å². The summed E-state index contributed by atoms with van der Waals surface area (Å²) < 4.78 is 6.46. The number of nitrogens with zero attached hydrogens (tertiary/aromatic N) is 4. The lowest BCUT2D eigenvalue weighted by molar-refractivity contribution is -0.144. The number of likely N-dealkylation sites (tertiary alicyclic amines) is 1. The summed E-state index contributed by atoms with van der Waals surface area (Å²) >= 11 is 0. The van der Waals surface area contributed by atoms with Gasteiger partial charge < -0.3 is 19.1 Å². The van der Waals surface area contributed by atoms with Crippen LogP contribution in [0.1, 0.15) is 62.2 Å². The molecule has 176 valence electrons. The highest BCUT2D eigenvalue weighted by Gasteiger charge is 2.43. The number of aromatic nitrogens is 2. The molecule has 3 unspecified atom stereocenters. The number of methoxy groups -OCH3 is 1. The highest BCUT2D eigenvalue weighted by atomic mass is 16.5. The van der Waals surface area contributed by atoms with E-state index >= 15 is 0 Å². The van der Waals surface area contributed by atoms with Crippen LogP contribution in [0.3, 0.4) is 0 Å². The van der Waals surface area contributed by atoms with Crippen molar-refractivity contribution in [1.82, 2.24) is 14.5 Å². The molecule has 8 nitrogen and oxygen atoms in total. The van der Waals surface area contributed by atoms with Gasteiger partial charge in [-0.05, 0) is 62.8 Å². The lowest BCUT2D eigenvalue weighted by Gasteiger charge is -2.33. The predicted molar refractivity (Wildman–Crippen MR) is 125 cm³/mol. The van der Waals surface area contributed by atoms with Crippen LogP contribution in [0.15, 0.2) is 41.6 Å². The fourth-order valence-corrected chi connectivity index (χ4v) is 5.04.